The first-order chi connectivity index (χ1) is 13.8. The van der Waals surface area contributed by atoms with Gasteiger partial charge in [0.15, 0.2) is 0 Å². The molecule has 3 aromatic rings. The van der Waals surface area contributed by atoms with Crippen LogP contribution >= 0.6 is 11.6 Å². The summed E-state index contributed by atoms with van der Waals surface area (Å²) in [5.41, 5.74) is 6.16. The van der Waals surface area contributed by atoms with Gasteiger partial charge in [-0.05, 0) is 29.8 Å². The first kappa shape index (κ1) is 20.2. The van der Waals surface area contributed by atoms with Gasteiger partial charge in [0, 0.05) is 35.5 Å². The number of hydrogen-bond acceptors (Lipinski definition) is 4. The van der Waals surface area contributed by atoms with Crippen molar-refractivity contribution in [2.24, 2.45) is 0 Å². The minimum absolute atomic E-state index is 0.0921. The molecule has 3 rings (SSSR count). The smallest absolute Gasteiger partial charge is 0.273 e. The number of aromatic hydroxyl groups is 1. The second-order valence-corrected chi connectivity index (χ2v) is 6.86. The number of phenolic OH excluding ortho intramolecular Hbond substituents is 1. The topological polar surface area (TPSA) is 123 Å². The number of hydrogen-bond donors (Lipinski definition) is 5. The molecule has 0 fully saturated rings. The molecule has 0 unspecified atom stereocenters. The van der Waals surface area contributed by atoms with Crippen LogP contribution in [0.4, 0.5) is 0 Å². The van der Waals surface area contributed by atoms with Gasteiger partial charge >= 0.3 is 0 Å². The van der Waals surface area contributed by atoms with E-state index in [1.807, 2.05) is 24.3 Å². The zero-order valence-electron chi connectivity index (χ0n) is 15.5. The van der Waals surface area contributed by atoms with Gasteiger partial charge in [0.1, 0.15) is 11.8 Å². The van der Waals surface area contributed by atoms with Gasteiger partial charge < -0.3 is 15.4 Å². The molecule has 0 bridgehead atoms. The number of fused-ring (bicyclic) bond motifs is 1. The molecular weight excluding hydrogens is 396 g/mol. The Morgan fingerprint density at radius 3 is 2.66 bits per heavy atom. The van der Waals surface area contributed by atoms with E-state index in [1.54, 1.807) is 6.20 Å². The molecule has 9 heteroatoms. The van der Waals surface area contributed by atoms with Crippen molar-refractivity contribution >= 4 is 40.2 Å². The third-order valence-electron chi connectivity index (χ3n) is 4.30. The minimum atomic E-state index is -0.917. The van der Waals surface area contributed by atoms with Gasteiger partial charge in [-0.25, -0.2) is 0 Å². The SMILES string of the molecule is CC(=O)N[C@@H](Cc1c[nH]c2ccccc12)C(=O)NNC(=O)c1cc(Cl)ccc1O. The summed E-state index contributed by atoms with van der Waals surface area (Å²) < 4.78 is 0. The van der Waals surface area contributed by atoms with E-state index in [9.17, 15) is 19.5 Å². The number of phenols is 1. The van der Waals surface area contributed by atoms with Gasteiger partial charge in [0.05, 0.1) is 5.56 Å². The van der Waals surface area contributed by atoms with Crippen LogP contribution in [-0.4, -0.2) is 33.9 Å². The Morgan fingerprint density at radius 2 is 1.90 bits per heavy atom. The summed E-state index contributed by atoms with van der Waals surface area (Å²) in [5.74, 6) is -2.02. The Balaban J connectivity index is 1.71. The van der Waals surface area contributed by atoms with Crippen molar-refractivity contribution in [2.75, 3.05) is 0 Å². The molecule has 1 atom stereocenters. The van der Waals surface area contributed by atoms with Crippen molar-refractivity contribution in [1.82, 2.24) is 21.2 Å². The maximum Gasteiger partial charge on any atom is 0.273 e. The van der Waals surface area contributed by atoms with Crippen molar-refractivity contribution < 1.29 is 19.5 Å². The van der Waals surface area contributed by atoms with Gasteiger partial charge in [-0.15, -0.1) is 0 Å². The second kappa shape index (κ2) is 8.66. The molecular formula is C20H19ClN4O4. The highest BCUT2D eigenvalue weighted by Gasteiger charge is 2.22. The van der Waals surface area contributed by atoms with Crippen LogP contribution < -0.4 is 16.2 Å². The molecule has 0 saturated heterocycles. The Kier molecular flexibility index (Phi) is 6.04. The lowest BCUT2D eigenvalue weighted by molar-refractivity contribution is -0.128. The summed E-state index contributed by atoms with van der Waals surface area (Å²) in [4.78, 5) is 39.5. The average Bonchev–Trinajstić information content (AvgIpc) is 3.10. The normalized spacial score (nSPS) is 11.7. The Morgan fingerprint density at radius 1 is 1.14 bits per heavy atom. The molecule has 0 saturated carbocycles. The number of carbonyl (C=O) groups is 3. The van der Waals surface area contributed by atoms with E-state index in [1.165, 1.54) is 25.1 Å². The van der Waals surface area contributed by atoms with E-state index in [0.717, 1.165) is 16.5 Å². The fourth-order valence-corrected chi connectivity index (χ4v) is 3.11. The van der Waals surface area contributed by atoms with Crippen LogP contribution in [-0.2, 0) is 16.0 Å². The van der Waals surface area contributed by atoms with E-state index in [-0.39, 0.29) is 28.7 Å². The van der Waals surface area contributed by atoms with Crippen molar-refractivity contribution in [3.63, 3.8) is 0 Å². The zero-order valence-corrected chi connectivity index (χ0v) is 16.2. The molecule has 3 amide bonds. The highest BCUT2D eigenvalue weighted by Crippen LogP contribution is 2.21. The van der Waals surface area contributed by atoms with Gasteiger partial charge in [-0.2, -0.15) is 0 Å². The van der Waals surface area contributed by atoms with E-state index >= 15 is 0 Å². The second-order valence-electron chi connectivity index (χ2n) is 6.42. The van der Waals surface area contributed by atoms with Crippen molar-refractivity contribution in [2.45, 2.75) is 19.4 Å². The fraction of sp³-hybridized carbons (Fsp3) is 0.150. The summed E-state index contributed by atoms with van der Waals surface area (Å²) in [6.45, 7) is 1.30. The number of hydrazine groups is 1. The number of halogens is 1. The van der Waals surface area contributed by atoms with Crippen LogP contribution in [0.1, 0.15) is 22.8 Å². The predicted molar refractivity (Wildman–Crippen MR) is 108 cm³/mol. The summed E-state index contributed by atoms with van der Waals surface area (Å²) in [5, 5.41) is 13.6. The minimum Gasteiger partial charge on any atom is -0.507 e. The quantitative estimate of drug-likeness (QED) is 0.410. The number of nitrogens with one attached hydrogen (secondary N) is 4. The Labute approximate surface area is 171 Å². The Hall–Kier alpha value is -3.52. The summed E-state index contributed by atoms with van der Waals surface area (Å²) in [6, 6.07) is 10.6. The molecule has 150 valence electrons. The molecule has 29 heavy (non-hydrogen) atoms. The molecule has 0 radical (unpaired) electrons. The van der Waals surface area contributed by atoms with E-state index < -0.39 is 17.9 Å². The number of para-hydroxylation sites is 1. The number of aromatic amines is 1. The largest absolute Gasteiger partial charge is 0.507 e. The van der Waals surface area contributed by atoms with Crippen LogP contribution in [0.25, 0.3) is 10.9 Å². The highest BCUT2D eigenvalue weighted by molar-refractivity contribution is 6.31. The molecule has 1 aromatic heterocycles. The zero-order chi connectivity index (χ0) is 21.0. The molecule has 0 spiro atoms. The molecule has 2 aromatic carbocycles. The molecule has 0 aliphatic heterocycles. The van der Waals surface area contributed by atoms with Gasteiger partial charge in [0.25, 0.3) is 11.8 Å². The lowest BCUT2D eigenvalue weighted by Crippen LogP contribution is -2.52. The van der Waals surface area contributed by atoms with Gasteiger partial charge in [-0.3, -0.25) is 25.2 Å². The monoisotopic (exact) mass is 414 g/mol. The average molecular weight is 415 g/mol. The van der Waals surface area contributed by atoms with Crippen LogP contribution in [0.15, 0.2) is 48.7 Å². The standard InChI is InChI=1S/C20H19ClN4O4/c1-11(26)23-17(8-12-10-22-16-5-3-2-4-14(12)16)20(29)25-24-19(28)15-9-13(21)6-7-18(15)27/h2-7,9-10,17,22,27H,8H2,1H3,(H,23,26)(H,24,28)(H,25,29)/t17-/m0/s1. The fourth-order valence-electron chi connectivity index (χ4n) is 2.94. The van der Waals surface area contributed by atoms with Crippen LogP contribution in [0.2, 0.25) is 5.02 Å². The van der Waals surface area contributed by atoms with Crippen molar-refractivity contribution in [3.05, 3.63) is 64.8 Å². The summed E-state index contributed by atoms with van der Waals surface area (Å²) in [7, 11) is 0. The first-order valence-electron chi connectivity index (χ1n) is 8.76. The van der Waals surface area contributed by atoms with Gasteiger partial charge in [0.2, 0.25) is 5.91 Å². The van der Waals surface area contributed by atoms with E-state index in [4.69, 9.17) is 11.6 Å². The maximum atomic E-state index is 12.6. The van der Waals surface area contributed by atoms with Crippen LogP contribution in [0.5, 0.6) is 5.75 Å². The molecule has 0 aliphatic carbocycles. The lowest BCUT2D eigenvalue weighted by atomic mass is 10.0. The number of benzene rings is 2. The number of amides is 3. The van der Waals surface area contributed by atoms with Crippen LogP contribution in [0, 0.1) is 0 Å². The summed E-state index contributed by atoms with van der Waals surface area (Å²) in [6.07, 6.45) is 1.99. The third kappa shape index (κ3) is 4.85. The maximum absolute atomic E-state index is 12.6. The summed E-state index contributed by atoms with van der Waals surface area (Å²) >= 11 is 5.83. The van der Waals surface area contributed by atoms with E-state index in [2.05, 4.69) is 21.2 Å². The van der Waals surface area contributed by atoms with Crippen molar-refractivity contribution in [3.8, 4) is 5.75 Å². The predicted octanol–water partition coefficient (Wildman–Crippen LogP) is 2.04. The number of rotatable bonds is 5. The number of carbonyl (C=O) groups excluding carboxylic acids is 3. The Bertz CT molecular complexity index is 1080. The highest BCUT2D eigenvalue weighted by atomic mass is 35.5. The number of H-pyrrole nitrogens is 1. The molecule has 5 N–H and O–H groups in total. The molecule has 1 heterocycles. The molecule has 8 nitrogen and oxygen atoms in total. The lowest BCUT2D eigenvalue weighted by Gasteiger charge is -2.18. The van der Waals surface area contributed by atoms with Gasteiger partial charge in [-0.1, -0.05) is 29.8 Å². The van der Waals surface area contributed by atoms with Crippen LogP contribution in [0.3, 0.4) is 0 Å². The number of aromatic nitrogens is 1. The third-order valence-corrected chi connectivity index (χ3v) is 4.53. The molecule has 0 aliphatic rings. The van der Waals surface area contributed by atoms with Crippen molar-refractivity contribution in [1.29, 1.82) is 0 Å². The van der Waals surface area contributed by atoms with E-state index in [0.29, 0.717) is 0 Å². The first-order valence-corrected chi connectivity index (χ1v) is 9.13.